The summed E-state index contributed by atoms with van der Waals surface area (Å²) in [5.74, 6) is -0.210. The Labute approximate surface area is 468 Å². The van der Waals surface area contributed by atoms with Gasteiger partial charge >= 0.3 is 7.82 Å². The van der Waals surface area contributed by atoms with Crippen LogP contribution in [0.5, 0.6) is 0 Å². The van der Waals surface area contributed by atoms with Crippen LogP contribution in [0.4, 0.5) is 0 Å². The number of allylic oxidation sites excluding steroid dienone is 21. The Morgan fingerprint density at radius 1 is 0.461 bits per heavy atom. The highest BCUT2D eigenvalue weighted by Gasteiger charge is 2.27. The van der Waals surface area contributed by atoms with Crippen molar-refractivity contribution < 1.29 is 32.9 Å². The SMILES string of the molecule is CC/C=C\C/C=C\C/C=C\C/C=C\C/C=C\C/C=C\C/C=C\C/C=C\C/C=C\CCCCCCCC(=O)NC(COP(=O)(O)OCC[N+](C)(C)C)C(O)/C=C/CC/C=C/CCCCCCCCCCCCCCCCC. The molecule has 434 valence electrons. The van der Waals surface area contributed by atoms with Gasteiger partial charge in [-0.25, -0.2) is 4.57 Å². The molecular weight excluding hydrogens is 960 g/mol. The molecule has 0 aliphatic rings. The van der Waals surface area contributed by atoms with Gasteiger partial charge in [-0.1, -0.05) is 257 Å². The predicted molar refractivity (Wildman–Crippen MR) is 331 cm³/mol. The number of carbonyl (C=O) groups is 1. The number of rotatable bonds is 54. The zero-order chi connectivity index (χ0) is 55.6. The number of nitrogens with zero attached hydrogens (tertiary/aromatic N) is 1. The van der Waals surface area contributed by atoms with Crippen molar-refractivity contribution in [2.45, 2.75) is 244 Å². The molecule has 0 aliphatic heterocycles. The van der Waals surface area contributed by atoms with E-state index in [0.29, 0.717) is 17.4 Å². The van der Waals surface area contributed by atoms with Crippen LogP contribution in [0.25, 0.3) is 0 Å². The van der Waals surface area contributed by atoms with Gasteiger partial charge in [0.05, 0.1) is 39.9 Å². The van der Waals surface area contributed by atoms with Crippen LogP contribution in [0.15, 0.2) is 134 Å². The zero-order valence-corrected chi connectivity index (χ0v) is 50.3. The van der Waals surface area contributed by atoms with Gasteiger partial charge in [-0.15, -0.1) is 0 Å². The van der Waals surface area contributed by atoms with Crippen molar-refractivity contribution in [1.29, 1.82) is 0 Å². The zero-order valence-electron chi connectivity index (χ0n) is 49.4. The summed E-state index contributed by atoms with van der Waals surface area (Å²) >= 11 is 0. The Hall–Kier alpha value is -3.36. The summed E-state index contributed by atoms with van der Waals surface area (Å²) in [6.07, 6.45) is 85.6. The molecule has 3 N–H and O–H groups in total. The number of amides is 1. The van der Waals surface area contributed by atoms with E-state index in [9.17, 15) is 19.4 Å². The monoisotopic (exact) mass is 1080 g/mol. The van der Waals surface area contributed by atoms with Crippen LogP contribution in [0.3, 0.4) is 0 Å². The lowest BCUT2D eigenvalue weighted by atomic mass is 10.0. The molecular formula is C67H116N2O6P+. The summed E-state index contributed by atoms with van der Waals surface area (Å²) in [6.45, 7) is 4.66. The number of hydrogen-bond acceptors (Lipinski definition) is 5. The Balaban J connectivity index is 4.31. The third-order valence-electron chi connectivity index (χ3n) is 12.9. The Kier molecular flexibility index (Phi) is 53.9. The van der Waals surface area contributed by atoms with Crippen LogP contribution in [-0.2, 0) is 18.4 Å². The molecule has 0 saturated carbocycles. The van der Waals surface area contributed by atoms with E-state index in [1.165, 1.54) is 96.3 Å². The van der Waals surface area contributed by atoms with E-state index in [2.05, 4.69) is 141 Å². The summed E-state index contributed by atoms with van der Waals surface area (Å²) in [4.78, 5) is 23.3. The van der Waals surface area contributed by atoms with E-state index in [4.69, 9.17) is 9.05 Å². The number of phosphoric acid groups is 1. The van der Waals surface area contributed by atoms with Crippen molar-refractivity contribution in [2.75, 3.05) is 40.9 Å². The van der Waals surface area contributed by atoms with Crippen LogP contribution in [0.1, 0.15) is 232 Å². The van der Waals surface area contributed by atoms with E-state index < -0.39 is 20.0 Å². The lowest BCUT2D eigenvalue weighted by Crippen LogP contribution is -2.45. The van der Waals surface area contributed by atoms with E-state index in [-0.39, 0.29) is 19.1 Å². The van der Waals surface area contributed by atoms with E-state index in [1.54, 1.807) is 6.08 Å². The molecule has 3 atom stereocenters. The molecule has 0 aromatic rings. The number of aliphatic hydroxyl groups excluding tert-OH is 1. The Morgan fingerprint density at radius 3 is 1.21 bits per heavy atom. The van der Waals surface area contributed by atoms with Gasteiger partial charge in [-0.3, -0.25) is 13.8 Å². The molecule has 0 aromatic heterocycles. The number of quaternary nitrogens is 1. The molecule has 0 rings (SSSR count). The van der Waals surface area contributed by atoms with Crippen molar-refractivity contribution in [3.63, 3.8) is 0 Å². The summed E-state index contributed by atoms with van der Waals surface area (Å²) in [7, 11) is 1.52. The van der Waals surface area contributed by atoms with Crippen LogP contribution in [-0.4, -0.2) is 73.4 Å². The van der Waals surface area contributed by atoms with Gasteiger partial charge in [0.15, 0.2) is 0 Å². The van der Waals surface area contributed by atoms with Crippen LogP contribution >= 0.6 is 7.82 Å². The van der Waals surface area contributed by atoms with Gasteiger partial charge in [0, 0.05) is 6.42 Å². The summed E-state index contributed by atoms with van der Waals surface area (Å²) in [5.41, 5.74) is 0. The number of carbonyl (C=O) groups excluding carboxylic acids is 1. The maximum Gasteiger partial charge on any atom is 0.472 e. The minimum absolute atomic E-state index is 0.0447. The largest absolute Gasteiger partial charge is 0.472 e. The van der Waals surface area contributed by atoms with Gasteiger partial charge in [0.25, 0.3) is 0 Å². The van der Waals surface area contributed by atoms with E-state index >= 15 is 0 Å². The number of hydrogen-bond donors (Lipinski definition) is 3. The second kappa shape index (κ2) is 56.4. The number of unbranched alkanes of at least 4 members (excludes halogenated alkanes) is 21. The van der Waals surface area contributed by atoms with Gasteiger partial charge in [-0.05, 0) is 103 Å². The number of likely N-dealkylation sites (N-methyl/N-ethyl adjacent to an activating group) is 1. The first-order valence-electron chi connectivity index (χ1n) is 30.6. The number of phosphoric ester groups is 1. The second-order valence-corrected chi connectivity index (χ2v) is 22.8. The van der Waals surface area contributed by atoms with E-state index in [0.717, 1.165) is 116 Å². The number of nitrogens with one attached hydrogen (secondary N) is 1. The fourth-order valence-electron chi connectivity index (χ4n) is 8.11. The Bertz CT molecular complexity index is 1700. The molecule has 0 aliphatic carbocycles. The molecule has 0 heterocycles. The van der Waals surface area contributed by atoms with Crippen LogP contribution < -0.4 is 5.32 Å². The average Bonchev–Trinajstić information content (AvgIpc) is 3.38. The van der Waals surface area contributed by atoms with Gasteiger partial charge < -0.3 is 19.8 Å². The van der Waals surface area contributed by atoms with Gasteiger partial charge in [0.1, 0.15) is 13.2 Å². The Morgan fingerprint density at radius 2 is 0.803 bits per heavy atom. The fraction of sp³-hybridized carbons (Fsp3) is 0.657. The quantitative estimate of drug-likeness (QED) is 0.0243. The van der Waals surface area contributed by atoms with E-state index in [1.807, 2.05) is 27.2 Å². The maximum absolute atomic E-state index is 13.0. The lowest BCUT2D eigenvalue weighted by Gasteiger charge is -2.25. The first-order valence-corrected chi connectivity index (χ1v) is 32.1. The highest BCUT2D eigenvalue weighted by Crippen LogP contribution is 2.43. The summed E-state index contributed by atoms with van der Waals surface area (Å²) in [5, 5.41) is 13.9. The van der Waals surface area contributed by atoms with Crippen molar-refractivity contribution in [2.24, 2.45) is 0 Å². The highest BCUT2D eigenvalue weighted by molar-refractivity contribution is 7.47. The van der Waals surface area contributed by atoms with Crippen molar-refractivity contribution in [3.8, 4) is 0 Å². The van der Waals surface area contributed by atoms with Crippen molar-refractivity contribution in [3.05, 3.63) is 134 Å². The molecule has 0 saturated heterocycles. The minimum Gasteiger partial charge on any atom is -0.387 e. The standard InChI is InChI=1S/C67H115N2O6P/c1-6-8-10-12-14-16-18-20-22-24-26-28-29-30-31-32-33-34-35-36-37-38-39-41-43-45-47-49-51-53-55-57-59-61-67(71)68-65(64-75-76(72,73)74-63-62-69(3,4)5)66(70)60-58-56-54-52-50-48-46-44-42-40-27-25-23-21-19-17-15-13-11-9-7-2/h8,10,14,16,20,22,26,28,30-31,33-34,36-37,39,41,45,47,50,52,58,60,65-66,70H,6-7,9,11-13,15,17-19,21,23-25,27,29,32,35,38,40,42-44,46,48-49,51,53-57,59,61-64H2,1-5H3,(H-,68,71,72,73)/p+1/b10-8-,16-14-,22-20-,28-26-,31-30-,34-33-,37-36-,41-39-,47-45-,52-50+,60-58+. The third kappa shape index (κ3) is 58.3. The fourth-order valence-corrected chi connectivity index (χ4v) is 8.84. The van der Waals surface area contributed by atoms with Crippen LogP contribution in [0, 0.1) is 0 Å². The third-order valence-corrected chi connectivity index (χ3v) is 13.8. The van der Waals surface area contributed by atoms with Crippen molar-refractivity contribution >= 4 is 13.7 Å². The van der Waals surface area contributed by atoms with Crippen LogP contribution in [0.2, 0.25) is 0 Å². The highest BCUT2D eigenvalue weighted by atomic mass is 31.2. The minimum atomic E-state index is -4.37. The predicted octanol–water partition coefficient (Wildman–Crippen LogP) is 19.1. The summed E-state index contributed by atoms with van der Waals surface area (Å²) < 4.78 is 23.7. The summed E-state index contributed by atoms with van der Waals surface area (Å²) in [6, 6.07) is -0.885. The molecule has 0 radical (unpaired) electrons. The second-order valence-electron chi connectivity index (χ2n) is 21.3. The molecule has 1 amide bonds. The average molecular weight is 1080 g/mol. The molecule has 0 fully saturated rings. The lowest BCUT2D eigenvalue weighted by molar-refractivity contribution is -0.870. The molecule has 9 heteroatoms. The smallest absolute Gasteiger partial charge is 0.387 e. The molecule has 0 aromatic carbocycles. The van der Waals surface area contributed by atoms with Gasteiger partial charge in [-0.2, -0.15) is 0 Å². The normalized spacial score (nSPS) is 14.8. The first kappa shape index (κ1) is 72.6. The number of aliphatic hydroxyl groups is 1. The molecule has 0 bridgehead atoms. The topological polar surface area (TPSA) is 105 Å². The molecule has 76 heavy (non-hydrogen) atoms. The molecule has 0 spiro atoms. The first-order chi connectivity index (χ1) is 37.0. The molecule has 8 nitrogen and oxygen atoms in total. The van der Waals surface area contributed by atoms with Gasteiger partial charge in [0.2, 0.25) is 5.91 Å². The maximum atomic E-state index is 13.0. The molecule has 3 unspecified atom stereocenters. The van der Waals surface area contributed by atoms with Crippen molar-refractivity contribution in [1.82, 2.24) is 5.32 Å².